The lowest BCUT2D eigenvalue weighted by Crippen LogP contribution is -2.81. The van der Waals surface area contributed by atoms with Crippen molar-refractivity contribution in [1.82, 2.24) is 4.90 Å². The molecule has 2 N–H and O–H groups in total. The van der Waals surface area contributed by atoms with E-state index in [0.717, 1.165) is 25.9 Å². The topological polar surface area (TPSA) is 97.7 Å². The number of nitrogens with zero attached hydrogens (tertiary/aromatic N) is 1. The average Bonchev–Trinajstić information content (AvgIpc) is 3.16. The number of ether oxygens (including phenoxy) is 4. The van der Waals surface area contributed by atoms with Gasteiger partial charge in [-0.3, -0.25) is 9.69 Å². The van der Waals surface area contributed by atoms with Crippen LogP contribution >= 0.6 is 0 Å². The first-order chi connectivity index (χ1) is 15.8. The molecule has 0 radical (unpaired) electrons. The van der Waals surface area contributed by atoms with Crippen LogP contribution in [0.15, 0.2) is 0 Å². The van der Waals surface area contributed by atoms with Crippen LogP contribution in [0.2, 0.25) is 0 Å². The van der Waals surface area contributed by atoms with E-state index in [1.165, 1.54) is 0 Å². The standard InChI is InChI=1S/C25H39NO7/c1-6-26-11-22(12-30-2)8-7-16(32-4)24-14-9-13-15(31-3)10-23(28,17(14)18(13)27)25(29,21(24)26)20(33-5)19(22)24/h13-17,19-21,28-29H,6-12H2,1-5H3/t13-,14-,15+,16+,17-,19-,20+,21+,22+,23-,24?,25-/m1/s1. The second kappa shape index (κ2) is 6.99. The maximum Gasteiger partial charge on any atom is 0.144 e. The molecule has 0 aromatic rings. The Morgan fingerprint density at radius 1 is 1.12 bits per heavy atom. The summed E-state index contributed by atoms with van der Waals surface area (Å²) in [6.45, 7) is 4.19. The van der Waals surface area contributed by atoms with Crippen molar-refractivity contribution in [3.05, 3.63) is 0 Å². The first-order valence-corrected chi connectivity index (χ1v) is 12.6. The Balaban J connectivity index is 1.68. The van der Waals surface area contributed by atoms with Crippen LogP contribution in [-0.4, -0.2) is 105 Å². The van der Waals surface area contributed by atoms with Crippen molar-refractivity contribution in [2.45, 2.75) is 68.2 Å². The molecule has 0 aromatic heterocycles. The molecule has 1 spiro atoms. The number of carbonyl (C=O) groups excluding carboxylic acids is 1. The lowest BCUT2D eigenvalue weighted by molar-refractivity contribution is -0.301. The molecule has 5 aliphatic carbocycles. The van der Waals surface area contributed by atoms with Crippen LogP contribution in [0.4, 0.5) is 0 Å². The zero-order valence-corrected chi connectivity index (χ0v) is 20.5. The van der Waals surface area contributed by atoms with E-state index in [1.54, 1.807) is 28.4 Å². The Bertz CT molecular complexity index is 855. The molecule has 0 amide bonds. The fourth-order valence-electron chi connectivity index (χ4n) is 10.7. The van der Waals surface area contributed by atoms with E-state index in [-0.39, 0.29) is 47.5 Å². The summed E-state index contributed by atoms with van der Waals surface area (Å²) in [5, 5.41) is 25.4. The fourth-order valence-corrected chi connectivity index (χ4v) is 10.7. The second-order valence-corrected chi connectivity index (χ2v) is 11.7. The van der Waals surface area contributed by atoms with E-state index in [1.807, 2.05) is 0 Å². The van der Waals surface area contributed by atoms with Gasteiger partial charge in [0.1, 0.15) is 17.0 Å². The van der Waals surface area contributed by atoms with Gasteiger partial charge in [-0.05, 0) is 31.7 Å². The number of ketones is 1. The number of fused-ring (bicyclic) bond motifs is 2. The zero-order valence-electron chi connectivity index (χ0n) is 20.5. The molecular formula is C25H39NO7. The number of methoxy groups -OCH3 is 4. The van der Waals surface area contributed by atoms with E-state index in [2.05, 4.69) is 11.8 Å². The van der Waals surface area contributed by atoms with E-state index in [9.17, 15) is 15.0 Å². The van der Waals surface area contributed by atoms with Gasteiger partial charge in [0.25, 0.3) is 0 Å². The maximum atomic E-state index is 13.8. The summed E-state index contributed by atoms with van der Waals surface area (Å²) in [5.74, 6) is -0.972. The number of hydrogen-bond acceptors (Lipinski definition) is 8. The molecule has 33 heavy (non-hydrogen) atoms. The highest BCUT2D eigenvalue weighted by molar-refractivity contribution is 5.90. The van der Waals surface area contributed by atoms with Gasteiger partial charge < -0.3 is 29.2 Å². The van der Waals surface area contributed by atoms with Gasteiger partial charge in [-0.2, -0.15) is 0 Å². The first kappa shape index (κ1) is 22.8. The monoisotopic (exact) mass is 465 g/mol. The number of piperidine rings is 1. The molecule has 0 aromatic carbocycles. The van der Waals surface area contributed by atoms with Crippen LogP contribution in [0.1, 0.15) is 32.6 Å². The lowest BCUT2D eigenvalue weighted by atomic mass is 9.42. The van der Waals surface area contributed by atoms with Gasteiger partial charge in [-0.1, -0.05) is 6.92 Å². The molecule has 8 nitrogen and oxygen atoms in total. The first-order valence-electron chi connectivity index (χ1n) is 12.6. The molecule has 1 saturated heterocycles. The molecular weight excluding hydrogens is 426 g/mol. The zero-order chi connectivity index (χ0) is 23.6. The van der Waals surface area contributed by atoms with E-state index in [0.29, 0.717) is 13.0 Å². The summed E-state index contributed by atoms with van der Waals surface area (Å²) in [6.07, 6.45) is 1.53. The molecule has 1 heterocycles. The van der Waals surface area contributed by atoms with Gasteiger partial charge in [-0.15, -0.1) is 0 Å². The molecule has 5 saturated carbocycles. The van der Waals surface area contributed by atoms with Crippen molar-refractivity contribution in [3.63, 3.8) is 0 Å². The normalized spacial score (nSPS) is 58.7. The van der Waals surface area contributed by atoms with Crippen molar-refractivity contribution in [2.75, 3.05) is 48.1 Å². The van der Waals surface area contributed by atoms with Crippen molar-refractivity contribution in [1.29, 1.82) is 0 Å². The Morgan fingerprint density at radius 3 is 2.48 bits per heavy atom. The minimum atomic E-state index is -1.61. The molecule has 6 fully saturated rings. The third-order valence-corrected chi connectivity index (χ3v) is 11.2. The highest BCUT2D eigenvalue weighted by Gasteiger charge is 2.91. The van der Waals surface area contributed by atoms with Gasteiger partial charge >= 0.3 is 0 Å². The third-order valence-electron chi connectivity index (χ3n) is 11.2. The third kappa shape index (κ3) is 2.15. The predicted octanol–water partition coefficient (Wildman–Crippen LogP) is 0.479. The van der Waals surface area contributed by atoms with Crippen LogP contribution in [0.5, 0.6) is 0 Å². The number of likely N-dealkylation sites (tertiary alicyclic amines) is 1. The summed E-state index contributed by atoms with van der Waals surface area (Å²) in [6, 6.07) is -0.353. The minimum Gasteiger partial charge on any atom is -0.386 e. The van der Waals surface area contributed by atoms with Crippen molar-refractivity contribution >= 4 is 5.78 Å². The van der Waals surface area contributed by atoms with Crippen LogP contribution < -0.4 is 0 Å². The van der Waals surface area contributed by atoms with Crippen molar-refractivity contribution in [3.8, 4) is 0 Å². The fraction of sp³-hybridized carbons (Fsp3) is 0.960. The summed E-state index contributed by atoms with van der Waals surface area (Å²) >= 11 is 0. The smallest absolute Gasteiger partial charge is 0.144 e. The SMILES string of the molecule is CCN1C[C@]2(COC)CC[C@H](OC)C34[C@@H]5C[C@H]6C(=O)[C@@H]5[C@](O)(C[C@@H]6OC)[C@@](O)([C@@H](OC)[C@@H]32)[C@@H]14. The highest BCUT2D eigenvalue weighted by Crippen LogP contribution is 2.79. The lowest BCUT2D eigenvalue weighted by Gasteiger charge is -2.69. The van der Waals surface area contributed by atoms with Crippen LogP contribution in [0, 0.1) is 34.5 Å². The van der Waals surface area contributed by atoms with E-state index in [4.69, 9.17) is 18.9 Å². The number of rotatable bonds is 6. The molecule has 7 bridgehead atoms. The van der Waals surface area contributed by atoms with Crippen LogP contribution in [0.25, 0.3) is 0 Å². The summed E-state index contributed by atoms with van der Waals surface area (Å²) in [7, 11) is 6.75. The molecule has 1 aliphatic heterocycles. The van der Waals surface area contributed by atoms with Crippen molar-refractivity contribution < 1.29 is 34.0 Å². The summed E-state index contributed by atoms with van der Waals surface area (Å²) < 4.78 is 24.1. The van der Waals surface area contributed by atoms with E-state index >= 15 is 0 Å². The Hall–Kier alpha value is -0.610. The van der Waals surface area contributed by atoms with Crippen LogP contribution in [-0.2, 0) is 23.7 Å². The minimum absolute atomic E-state index is 0.0498. The highest BCUT2D eigenvalue weighted by atomic mass is 16.5. The Kier molecular flexibility index (Phi) is 4.84. The molecule has 8 heteroatoms. The second-order valence-electron chi connectivity index (χ2n) is 11.7. The molecule has 1 unspecified atom stereocenters. The van der Waals surface area contributed by atoms with Gasteiger partial charge in [0.15, 0.2) is 0 Å². The number of Topliss-reactive ketones (excluding diaryl/α,β-unsaturated/α-hetero) is 1. The van der Waals surface area contributed by atoms with Crippen molar-refractivity contribution in [2.24, 2.45) is 34.5 Å². The summed E-state index contributed by atoms with van der Waals surface area (Å²) in [4.78, 5) is 16.1. The molecule has 186 valence electrons. The van der Waals surface area contributed by atoms with Gasteiger partial charge in [0.05, 0.1) is 36.9 Å². The largest absolute Gasteiger partial charge is 0.386 e. The van der Waals surface area contributed by atoms with Gasteiger partial charge in [0.2, 0.25) is 0 Å². The molecule has 6 rings (SSSR count). The van der Waals surface area contributed by atoms with Gasteiger partial charge in [0, 0.05) is 64.1 Å². The Morgan fingerprint density at radius 2 is 1.88 bits per heavy atom. The maximum absolute atomic E-state index is 13.8. The molecule has 6 aliphatic rings. The van der Waals surface area contributed by atoms with Crippen LogP contribution in [0.3, 0.4) is 0 Å². The number of hydrogen-bond donors (Lipinski definition) is 2. The number of aliphatic hydroxyl groups is 2. The number of carbonyl (C=O) groups is 1. The molecule has 12 atom stereocenters. The van der Waals surface area contributed by atoms with Gasteiger partial charge in [-0.25, -0.2) is 0 Å². The quantitative estimate of drug-likeness (QED) is 0.585. The predicted molar refractivity (Wildman–Crippen MR) is 118 cm³/mol. The summed E-state index contributed by atoms with van der Waals surface area (Å²) in [5.41, 5.74) is -3.95. The number of likely N-dealkylation sites (N-methyl/N-ethyl adjacent to an activating group) is 1. The Labute approximate surface area is 195 Å². The van der Waals surface area contributed by atoms with E-state index < -0.39 is 34.7 Å². The average molecular weight is 466 g/mol.